The van der Waals surface area contributed by atoms with E-state index in [1.54, 1.807) is 11.8 Å². The van der Waals surface area contributed by atoms with Gasteiger partial charge in [0.15, 0.2) is 0 Å². The van der Waals surface area contributed by atoms with E-state index in [1.165, 1.54) is 0 Å². The minimum atomic E-state index is 0.519. The third-order valence-electron chi connectivity index (χ3n) is 1.44. The number of thiol groups is 2. The van der Waals surface area contributed by atoms with Gasteiger partial charge < -0.3 is 0 Å². The number of nitrogens with zero attached hydrogens (tertiary/aromatic N) is 1. The van der Waals surface area contributed by atoms with E-state index in [4.69, 9.17) is 0 Å². The first-order valence-electron chi connectivity index (χ1n) is 3.83. The van der Waals surface area contributed by atoms with Gasteiger partial charge in [0.25, 0.3) is 0 Å². The summed E-state index contributed by atoms with van der Waals surface area (Å²) in [4.78, 5) is 4.28. The molecule has 0 spiro atoms. The van der Waals surface area contributed by atoms with Crippen molar-refractivity contribution in [2.75, 3.05) is 11.0 Å². The highest BCUT2D eigenvalue weighted by atomic mass is 32.2. The molecule has 1 aromatic carbocycles. The summed E-state index contributed by atoms with van der Waals surface area (Å²) in [6, 6.07) is 10.1. The molecule has 0 aromatic heterocycles. The van der Waals surface area contributed by atoms with Crippen molar-refractivity contribution in [1.82, 2.24) is 0 Å². The van der Waals surface area contributed by atoms with Crippen molar-refractivity contribution < 1.29 is 0 Å². The molecule has 1 rings (SSSR count). The van der Waals surface area contributed by atoms with Crippen molar-refractivity contribution >= 4 is 42.1 Å². The topological polar surface area (TPSA) is 12.4 Å². The largest absolute Gasteiger partial charge is 0.267 e. The maximum Gasteiger partial charge on any atom is 0.0994 e. The molecule has 1 nitrogen and oxygen atoms in total. The number of thioether (sulfide) groups is 1. The highest BCUT2D eigenvalue weighted by Gasteiger charge is 2.00. The lowest BCUT2D eigenvalue weighted by Gasteiger charge is -2.02. The van der Waals surface area contributed by atoms with Crippen LogP contribution in [0, 0.1) is 0 Å². The van der Waals surface area contributed by atoms with Crippen LogP contribution in [0.4, 0.5) is 0 Å². The van der Waals surface area contributed by atoms with E-state index in [0.717, 1.165) is 15.7 Å². The molecule has 70 valence electrons. The van der Waals surface area contributed by atoms with Crippen LogP contribution in [0.25, 0.3) is 0 Å². The lowest BCUT2D eigenvalue weighted by atomic mass is 10.2. The number of benzene rings is 1. The smallest absolute Gasteiger partial charge is 0.0994 e. The summed E-state index contributed by atoms with van der Waals surface area (Å²) < 4.78 is 0. The lowest BCUT2D eigenvalue weighted by Crippen LogP contribution is -1.95. The van der Waals surface area contributed by atoms with Crippen LogP contribution >= 0.6 is 37.0 Å². The molecule has 1 aromatic rings. The van der Waals surface area contributed by atoms with E-state index in [2.05, 4.69) is 30.2 Å². The molecule has 0 N–H and O–H groups in total. The summed E-state index contributed by atoms with van der Waals surface area (Å²) in [6.45, 7) is 0. The molecule has 0 fully saturated rings. The molecule has 0 heterocycles. The molecule has 0 aliphatic heterocycles. The standard InChI is InChI=1S/C9H11NS3/c11-6-10-9(13-7-12)8-4-2-1-3-5-8/h1-5,11-12H,6-7H2/b10-9-. The number of rotatable bonds is 3. The maximum absolute atomic E-state index is 4.28. The van der Waals surface area contributed by atoms with E-state index >= 15 is 0 Å². The fourth-order valence-corrected chi connectivity index (χ4v) is 2.11. The Balaban J connectivity index is 2.83. The fraction of sp³-hybridized carbons (Fsp3) is 0.222. The predicted octanol–water partition coefficient (Wildman–Crippen LogP) is 2.94. The van der Waals surface area contributed by atoms with Gasteiger partial charge in [-0.1, -0.05) is 42.1 Å². The molecule has 0 atom stereocenters. The highest BCUT2D eigenvalue weighted by molar-refractivity contribution is 8.20. The molecule has 0 amide bonds. The Hall–Kier alpha value is -0.0600. The molecule has 0 radical (unpaired) electrons. The average molecular weight is 229 g/mol. The maximum atomic E-state index is 4.28. The Morgan fingerprint density at radius 1 is 1.23 bits per heavy atom. The van der Waals surface area contributed by atoms with Gasteiger partial charge in [-0.05, 0) is 0 Å². The molecule has 0 saturated heterocycles. The monoisotopic (exact) mass is 229 g/mol. The van der Waals surface area contributed by atoms with E-state index in [-0.39, 0.29) is 0 Å². The molecule has 0 aliphatic carbocycles. The van der Waals surface area contributed by atoms with Crippen LogP contribution in [0.5, 0.6) is 0 Å². The van der Waals surface area contributed by atoms with Crippen LogP contribution < -0.4 is 0 Å². The van der Waals surface area contributed by atoms with Crippen LogP contribution in [-0.4, -0.2) is 16.0 Å². The first-order valence-corrected chi connectivity index (χ1v) is 6.08. The summed E-state index contributed by atoms with van der Waals surface area (Å²) in [5, 5.41) is 1.74. The quantitative estimate of drug-likeness (QED) is 0.351. The molecule has 0 aliphatic rings. The summed E-state index contributed by atoms with van der Waals surface area (Å²) >= 11 is 9.86. The van der Waals surface area contributed by atoms with Gasteiger partial charge in [0.1, 0.15) is 0 Å². The lowest BCUT2D eigenvalue weighted by molar-refractivity contribution is 1.40. The van der Waals surface area contributed by atoms with Gasteiger partial charge in [0.05, 0.1) is 10.9 Å². The Morgan fingerprint density at radius 3 is 2.46 bits per heavy atom. The van der Waals surface area contributed by atoms with Crippen molar-refractivity contribution in [2.45, 2.75) is 0 Å². The van der Waals surface area contributed by atoms with E-state index in [9.17, 15) is 0 Å². The Bertz CT molecular complexity index is 271. The van der Waals surface area contributed by atoms with Crippen LogP contribution in [0.1, 0.15) is 5.56 Å². The van der Waals surface area contributed by atoms with Crippen molar-refractivity contribution in [3.05, 3.63) is 35.9 Å². The molecule has 0 unspecified atom stereocenters. The zero-order valence-corrected chi connectivity index (χ0v) is 9.66. The number of hydrogen-bond acceptors (Lipinski definition) is 4. The third kappa shape index (κ3) is 3.67. The molecule has 0 saturated carbocycles. The Labute approximate surface area is 93.9 Å². The van der Waals surface area contributed by atoms with Gasteiger partial charge in [0.2, 0.25) is 0 Å². The molecule has 4 heteroatoms. The molecule has 13 heavy (non-hydrogen) atoms. The van der Waals surface area contributed by atoms with Gasteiger partial charge in [-0.3, -0.25) is 4.99 Å². The fourth-order valence-electron chi connectivity index (χ4n) is 0.926. The molecular weight excluding hydrogens is 218 g/mol. The highest BCUT2D eigenvalue weighted by Crippen LogP contribution is 2.14. The van der Waals surface area contributed by atoms with Gasteiger partial charge in [0, 0.05) is 10.6 Å². The van der Waals surface area contributed by atoms with E-state index in [0.29, 0.717) is 5.88 Å². The van der Waals surface area contributed by atoms with Gasteiger partial charge >= 0.3 is 0 Å². The molecular formula is C9H11NS3. The second-order valence-corrected chi connectivity index (χ2v) is 4.24. The zero-order valence-electron chi connectivity index (χ0n) is 7.05. The summed E-state index contributed by atoms with van der Waals surface area (Å²) in [7, 11) is 0. The third-order valence-corrected chi connectivity index (χ3v) is 2.73. The molecule has 0 bridgehead atoms. The van der Waals surface area contributed by atoms with Gasteiger partial charge in [-0.25, -0.2) is 0 Å². The van der Waals surface area contributed by atoms with Crippen LogP contribution in [0.3, 0.4) is 0 Å². The first kappa shape index (κ1) is 11.0. The Kier molecular flexibility index (Phi) is 5.43. The first-order chi connectivity index (χ1) is 6.38. The van der Waals surface area contributed by atoms with Crippen molar-refractivity contribution in [3.63, 3.8) is 0 Å². The second kappa shape index (κ2) is 6.40. The van der Waals surface area contributed by atoms with Crippen molar-refractivity contribution in [1.29, 1.82) is 0 Å². The normalized spacial score (nSPS) is 11.7. The van der Waals surface area contributed by atoms with Crippen LogP contribution in [0.15, 0.2) is 35.3 Å². The predicted molar refractivity (Wildman–Crippen MR) is 68.3 cm³/mol. The average Bonchev–Trinajstić information content (AvgIpc) is 2.19. The number of aliphatic imine (C=N–C) groups is 1. The second-order valence-electron chi connectivity index (χ2n) is 2.24. The number of hydrogen-bond donors (Lipinski definition) is 2. The minimum absolute atomic E-state index is 0.519. The van der Waals surface area contributed by atoms with E-state index in [1.807, 2.05) is 30.3 Å². The zero-order chi connectivity index (χ0) is 9.52. The summed E-state index contributed by atoms with van der Waals surface area (Å²) in [5.74, 6) is 0.519. The minimum Gasteiger partial charge on any atom is -0.267 e. The van der Waals surface area contributed by atoms with Crippen molar-refractivity contribution in [2.24, 2.45) is 4.99 Å². The van der Waals surface area contributed by atoms with Crippen molar-refractivity contribution in [3.8, 4) is 0 Å². The summed E-state index contributed by atoms with van der Waals surface area (Å²) in [5.41, 5.74) is 1.13. The Morgan fingerprint density at radius 2 is 1.92 bits per heavy atom. The SMILES string of the molecule is SC/N=C(\SCS)c1ccccc1. The van der Waals surface area contributed by atoms with Gasteiger partial charge in [-0.15, -0.1) is 0 Å². The van der Waals surface area contributed by atoms with Gasteiger partial charge in [-0.2, -0.15) is 25.3 Å². The van der Waals surface area contributed by atoms with E-state index < -0.39 is 0 Å². The van der Waals surface area contributed by atoms with Crippen LogP contribution in [0.2, 0.25) is 0 Å². The summed E-state index contributed by atoms with van der Waals surface area (Å²) in [6.07, 6.45) is 0. The van der Waals surface area contributed by atoms with Crippen LogP contribution in [-0.2, 0) is 0 Å².